The standard InChI is InChI=1S/C22H25N3OS/c1-14-11-15(2)20(16(3)12-14)24-21(26)17(4)27-22-23-13-19(25(22)5)18-9-7-6-8-10-18/h6-13,17H,1-5H3,(H,24,26). The van der Waals surface area contributed by atoms with Crippen molar-refractivity contribution in [1.82, 2.24) is 9.55 Å². The summed E-state index contributed by atoms with van der Waals surface area (Å²) in [4.78, 5) is 17.2. The molecule has 0 aliphatic heterocycles. The number of carbonyl (C=O) groups excluding carboxylic acids is 1. The zero-order valence-electron chi connectivity index (χ0n) is 16.4. The summed E-state index contributed by atoms with van der Waals surface area (Å²) >= 11 is 1.47. The fourth-order valence-corrected chi connectivity index (χ4v) is 4.05. The van der Waals surface area contributed by atoms with E-state index in [1.165, 1.54) is 17.3 Å². The SMILES string of the molecule is Cc1cc(C)c(NC(=O)C(C)Sc2ncc(-c3ccccc3)n2C)c(C)c1. The molecule has 140 valence electrons. The van der Waals surface area contributed by atoms with Crippen molar-refractivity contribution < 1.29 is 4.79 Å². The van der Waals surface area contributed by atoms with E-state index in [9.17, 15) is 4.79 Å². The second kappa shape index (κ2) is 8.01. The molecule has 2 aromatic carbocycles. The maximum atomic E-state index is 12.7. The van der Waals surface area contributed by atoms with Crippen LogP contribution < -0.4 is 5.32 Å². The van der Waals surface area contributed by atoms with E-state index in [1.54, 1.807) is 0 Å². The fourth-order valence-electron chi connectivity index (χ4n) is 3.19. The summed E-state index contributed by atoms with van der Waals surface area (Å²) in [5.41, 5.74) is 6.43. The van der Waals surface area contributed by atoms with Gasteiger partial charge in [-0.1, -0.05) is 59.8 Å². The van der Waals surface area contributed by atoms with Crippen LogP contribution in [-0.4, -0.2) is 20.7 Å². The van der Waals surface area contributed by atoms with Crippen molar-refractivity contribution in [2.45, 2.75) is 38.1 Å². The molecule has 0 saturated carbocycles. The van der Waals surface area contributed by atoms with Crippen LogP contribution in [0.5, 0.6) is 0 Å². The first kappa shape index (κ1) is 19.2. The summed E-state index contributed by atoms with van der Waals surface area (Å²) in [6, 6.07) is 14.3. The normalized spacial score (nSPS) is 12.0. The minimum Gasteiger partial charge on any atom is -0.325 e. The molecule has 0 spiro atoms. The Morgan fingerprint density at radius 2 is 1.74 bits per heavy atom. The Labute approximate surface area is 165 Å². The average molecular weight is 380 g/mol. The molecule has 1 amide bonds. The first-order valence-electron chi connectivity index (χ1n) is 8.99. The van der Waals surface area contributed by atoms with E-state index >= 15 is 0 Å². The Kier molecular flexibility index (Phi) is 5.71. The number of aromatic nitrogens is 2. The number of anilines is 1. The van der Waals surface area contributed by atoms with Crippen molar-refractivity contribution in [2.24, 2.45) is 7.05 Å². The highest BCUT2D eigenvalue weighted by molar-refractivity contribution is 8.00. The van der Waals surface area contributed by atoms with E-state index in [1.807, 2.05) is 56.8 Å². The van der Waals surface area contributed by atoms with E-state index in [4.69, 9.17) is 0 Å². The Balaban J connectivity index is 1.73. The molecule has 1 atom stereocenters. The highest BCUT2D eigenvalue weighted by Gasteiger charge is 2.19. The number of imidazole rings is 1. The molecule has 1 unspecified atom stereocenters. The van der Waals surface area contributed by atoms with Crippen molar-refractivity contribution in [2.75, 3.05) is 5.32 Å². The molecule has 0 bridgehead atoms. The van der Waals surface area contributed by atoms with Crippen LogP contribution >= 0.6 is 11.8 Å². The molecule has 0 aliphatic rings. The smallest absolute Gasteiger partial charge is 0.237 e. The monoisotopic (exact) mass is 379 g/mol. The molecule has 5 heteroatoms. The predicted molar refractivity (Wildman–Crippen MR) is 113 cm³/mol. The van der Waals surface area contributed by atoms with Gasteiger partial charge >= 0.3 is 0 Å². The van der Waals surface area contributed by atoms with Gasteiger partial charge in [0, 0.05) is 12.7 Å². The minimum absolute atomic E-state index is 0.0145. The number of hydrogen-bond acceptors (Lipinski definition) is 3. The van der Waals surface area contributed by atoms with Crippen molar-refractivity contribution in [3.63, 3.8) is 0 Å². The highest BCUT2D eigenvalue weighted by Crippen LogP contribution is 2.29. The van der Waals surface area contributed by atoms with Gasteiger partial charge in [-0.25, -0.2) is 4.98 Å². The lowest BCUT2D eigenvalue weighted by molar-refractivity contribution is -0.115. The van der Waals surface area contributed by atoms with Gasteiger partial charge in [0.15, 0.2) is 5.16 Å². The minimum atomic E-state index is -0.255. The van der Waals surface area contributed by atoms with Crippen molar-refractivity contribution in [3.8, 4) is 11.3 Å². The van der Waals surface area contributed by atoms with Gasteiger partial charge in [-0.15, -0.1) is 0 Å². The molecule has 0 aliphatic carbocycles. The number of nitrogens with zero attached hydrogens (tertiary/aromatic N) is 2. The van der Waals surface area contributed by atoms with Crippen molar-refractivity contribution in [1.29, 1.82) is 0 Å². The van der Waals surface area contributed by atoms with Crippen LogP contribution in [0, 0.1) is 20.8 Å². The summed E-state index contributed by atoms with van der Waals surface area (Å²) < 4.78 is 2.03. The molecule has 3 aromatic rings. The molecule has 1 N–H and O–H groups in total. The number of carbonyl (C=O) groups is 1. The average Bonchev–Trinajstić information content (AvgIpc) is 2.99. The lowest BCUT2D eigenvalue weighted by Gasteiger charge is -2.16. The third-order valence-electron chi connectivity index (χ3n) is 4.59. The van der Waals surface area contributed by atoms with Crippen molar-refractivity contribution in [3.05, 3.63) is 65.4 Å². The Morgan fingerprint density at radius 1 is 1.11 bits per heavy atom. The van der Waals surface area contributed by atoms with Gasteiger partial charge in [-0.3, -0.25) is 4.79 Å². The third kappa shape index (κ3) is 4.25. The van der Waals surface area contributed by atoms with E-state index in [0.717, 1.165) is 33.2 Å². The highest BCUT2D eigenvalue weighted by atomic mass is 32.2. The maximum absolute atomic E-state index is 12.7. The van der Waals surface area contributed by atoms with Crippen LogP contribution in [0.4, 0.5) is 5.69 Å². The van der Waals surface area contributed by atoms with Crippen molar-refractivity contribution >= 4 is 23.4 Å². The molecule has 27 heavy (non-hydrogen) atoms. The molecule has 0 radical (unpaired) electrons. The summed E-state index contributed by atoms with van der Waals surface area (Å²) in [7, 11) is 1.98. The van der Waals surface area contributed by atoms with E-state index in [0.29, 0.717) is 0 Å². The molecule has 3 rings (SSSR count). The first-order chi connectivity index (χ1) is 12.9. The van der Waals surface area contributed by atoms with Gasteiger partial charge in [-0.2, -0.15) is 0 Å². The summed E-state index contributed by atoms with van der Waals surface area (Å²) in [6.07, 6.45) is 1.86. The number of hydrogen-bond donors (Lipinski definition) is 1. The van der Waals surface area contributed by atoms with Crippen LogP contribution in [0.3, 0.4) is 0 Å². The van der Waals surface area contributed by atoms with Gasteiger partial charge in [0.2, 0.25) is 5.91 Å². The predicted octanol–water partition coefficient (Wildman–Crippen LogP) is 5.13. The molecule has 1 aromatic heterocycles. The van der Waals surface area contributed by atoms with E-state index < -0.39 is 0 Å². The fraction of sp³-hybridized carbons (Fsp3) is 0.273. The van der Waals surface area contributed by atoms with Crippen LogP contribution in [0.15, 0.2) is 53.8 Å². The lowest BCUT2D eigenvalue weighted by Crippen LogP contribution is -2.23. The molecular weight excluding hydrogens is 354 g/mol. The number of aryl methyl sites for hydroxylation is 3. The molecule has 1 heterocycles. The number of rotatable bonds is 5. The van der Waals surface area contributed by atoms with E-state index in [-0.39, 0.29) is 11.2 Å². The number of benzene rings is 2. The quantitative estimate of drug-likeness (QED) is 0.625. The maximum Gasteiger partial charge on any atom is 0.237 e. The third-order valence-corrected chi connectivity index (χ3v) is 5.75. The molecule has 0 saturated heterocycles. The lowest BCUT2D eigenvalue weighted by atomic mass is 10.1. The first-order valence-corrected chi connectivity index (χ1v) is 9.87. The second-order valence-corrected chi connectivity index (χ2v) is 8.18. The van der Waals surface area contributed by atoms with Crippen LogP contribution in [-0.2, 0) is 11.8 Å². The van der Waals surface area contributed by atoms with Gasteiger partial charge < -0.3 is 9.88 Å². The topological polar surface area (TPSA) is 46.9 Å². The number of thioether (sulfide) groups is 1. The van der Waals surface area contributed by atoms with Gasteiger partial charge in [-0.05, 0) is 44.4 Å². The Hall–Kier alpha value is -2.53. The molecule has 4 nitrogen and oxygen atoms in total. The number of amides is 1. The molecular formula is C22H25N3OS. The zero-order valence-corrected chi connectivity index (χ0v) is 17.2. The van der Waals surface area contributed by atoms with Gasteiger partial charge in [0.1, 0.15) is 0 Å². The largest absolute Gasteiger partial charge is 0.325 e. The van der Waals surface area contributed by atoms with Crippen LogP contribution in [0.1, 0.15) is 23.6 Å². The molecule has 0 fully saturated rings. The zero-order chi connectivity index (χ0) is 19.6. The van der Waals surface area contributed by atoms with Gasteiger partial charge in [0.05, 0.1) is 17.1 Å². The second-order valence-electron chi connectivity index (χ2n) is 6.87. The summed E-state index contributed by atoms with van der Waals surface area (Å²) in [5, 5.41) is 3.66. The Bertz CT molecular complexity index is 940. The van der Waals surface area contributed by atoms with E-state index in [2.05, 4.69) is 41.5 Å². The van der Waals surface area contributed by atoms with Crippen LogP contribution in [0.2, 0.25) is 0 Å². The van der Waals surface area contributed by atoms with Crippen LogP contribution in [0.25, 0.3) is 11.3 Å². The summed E-state index contributed by atoms with van der Waals surface area (Å²) in [5.74, 6) is -0.0145. The van der Waals surface area contributed by atoms with Gasteiger partial charge in [0.25, 0.3) is 0 Å². The summed E-state index contributed by atoms with van der Waals surface area (Å²) in [6.45, 7) is 8.03. The Morgan fingerprint density at radius 3 is 2.37 bits per heavy atom. The number of nitrogens with one attached hydrogen (secondary N) is 1.